The van der Waals surface area contributed by atoms with Gasteiger partial charge in [-0.25, -0.2) is 4.68 Å². The number of carbonyl (C=O) groups excluding carboxylic acids is 1. The van der Waals surface area contributed by atoms with E-state index in [1.54, 1.807) is 11.6 Å². The van der Waals surface area contributed by atoms with E-state index in [-0.39, 0.29) is 5.69 Å². The minimum Gasteiger partial charge on any atom is -0.320 e. The first-order valence-corrected chi connectivity index (χ1v) is 8.01. The molecule has 0 aliphatic heterocycles. The molecule has 0 aliphatic carbocycles. The average Bonchev–Trinajstić information content (AvgIpc) is 2.59. The van der Waals surface area contributed by atoms with Crippen LogP contribution in [0.15, 0.2) is 59.4 Å². The van der Waals surface area contributed by atoms with Crippen LogP contribution >= 0.6 is 0 Å². The van der Waals surface area contributed by atoms with Crippen LogP contribution in [-0.2, 0) is 0 Å². The lowest BCUT2D eigenvalue weighted by molar-refractivity contribution is 0.101. The van der Waals surface area contributed by atoms with Crippen molar-refractivity contribution in [2.75, 3.05) is 5.32 Å². The zero-order valence-electron chi connectivity index (χ0n) is 14.4. The van der Waals surface area contributed by atoms with E-state index in [0.717, 1.165) is 16.8 Å². The molecule has 1 heterocycles. The third-order valence-electron chi connectivity index (χ3n) is 3.96. The van der Waals surface area contributed by atoms with E-state index >= 15 is 0 Å². The maximum atomic E-state index is 12.6. The summed E-state index contributed by atoms with van der Waals surface area (Å²) in [4.78, 5) is 24.9. The van der Waals surface area contributed by atoms with Gasteiger partial charge in [0.05, 0.1) is 5.69 Å². The molecule has 3 rings (SSSR count). The molecular weight excluding hydrogens is 314 g/mol. The molecular formula is C20H19N3O2. The smallest absolute Gasteiger partial charge is 0.280 e. The van der Waals surface area contributed by atoms with Crippen LogP contribution in [-0.4, -0.2) is 15.7 Å². The summed E-state index contributed by atoms with van der Waals surface area (Å²) in [5.41, 5.74) is 3.56. The van der Waals surface area contributed by atoms with Gasteiger partial charge in [-0.1, -0.05) is 30.3 Å². The summed E-state index contributed by atoms with van der Waals surface area (Å²) >= 11 is 0. The number of para-hydroxylation sites is 1. The largest absolute Gasteiger partial charge is 0.320 e. The van der Waals surface area contributed by atoms with Crippen LogP contribution in [0.5, 0.6) is 0 Å². The number of aryl methyl sites for hydroxylation is 3. The van der Waals surface area contributed by atoms with Gasteiger partial charge in [-0.3, -0.25) is 9.59 Å². The van der Waals surface area contributed by atoms with Crippen molar-refractivity contribution in [3.8, 4) is 5.69 Å². The number of hydrogen-bond donors (Lipinski definition) is 1. The van der Waals surface area contributed by atoms with Crippen molar-refractivity contribution in [1.29, 1.82) is 0 Å². The van der Waals surface area contributed by atoms with Gasteiger partial charge in [0.2, 0.25) is 5.43 Å². The topological polar surface area (TPSA) is 64.0 Å². The number of nitrogens with one attached hydrogen (secondary N) is 1. The molecule has 126 valence electrons. The van der Waals surface area contributed by atoms with E-state index in [1.807, 2.05) is 62.4 Å². The second-order valence-electron chi connectivity index (χ2n) is 6.02. The van der Waals surface area contributed by atoms with Gasteiger partial charge in [0.1, 0.15) is 0 Å². The molecule has 25 heavy (non-hydrogen) atoms. The van der Waals surface area contributed by atoms with Crippen LogP contribution < -0.4 is 10.7 Å². The van der Waals surface area contributed by atoms with Crippen molar-refractivity contribution in [1.82, 2.24) is 9.78 Å². The lowest BCUT2D eigenvalue weighted by Gasteiger charge is -2.12. The first kappa shape index (κ1) is 16.6. The quantitative estimate of drug-likeness (QED) is 0.799. The molecule has 0 radical (unpaired) electrons. The molecule has 3 aromatic rings. The van der Waals surface area contributed by atoms with Gasteiger partial charge >= 0.3 is 0 Å². The number of benzene rings is 2. The Bertz CT molecular complexity index is 992. The number of aromatic nitrogens is 2. The fraction of sp³-hybridized carbons (Fsp3) is 0.150. The Morgan fingerprint density at radius 2 is 1.72 bits per heavy atom. The van der Waals surface area contributed by atoms with Gasteiger partial charge in [-0.05, 0) is 50.1 Å². The van der Waals surface area contributed by atoms with E-state index in [1.165, 1.54) is 6.07 Å². The fourth-order valence-electron chi connectivity index (χ4n) is 2.59. The van der Waals surface area contributed by atoms with Crippen LogP contribution in [0, 0.1) is 20.8 Å². The fourth-order valence-corrected chi connectivity index (χ4v) is 2.59. The van der Waals surface area contributed by atoms with E-state index in [2.05, 4.69) is 10.4 Å². The zero-order chi connectivity index (χ0) is 18.0. The van der Waals surface area contributed by atoms with Crippen molar-refractivity contribution in [2.24, 2.45) is 0 Å². The maximum absolute atomic E-state index is 12.6. The standard InChI is InChI=1S/C20H19N3O2/c1-13-9-10-14(2)17(11-13)21-20(25)19-18(24)12-15(3)23(22-19)16-7-5-4-6-8-16/h4-12H,1-3H3,(H,21,25). The number of rotatable bonds is 3. The second-order valence-corrected chi connectivity index (χ2v) is 6.02. The van der Waals surface area contributed by atoms with Crippen molar-refractivity contribution in [3.05, 3.63) is 87.3 Å². The minimum atomic E-state index is -0.511. The predicted molar refractivity (Wildman–Crippen MR) is 98.4 cm³/mol. The third kappa shape index (κ3) is 3.50. The molecule has 1 aromatic heterocycles. The first-order valence-electron chi connectivity index (χ1n) is 8.01. The molecule has 2 aromatic carbocycles. The van der Waals surface area contributed by atoms with Crippen molar-refractivity contribution >= 4 is 11.6 Å². The van der Waals surface area contributed by atoms with E-state index in [0.29, 0.717) is 11.4 Å². The van der Waals surface area contributed by atoms with Crippen molar-refractivity contribution < 1.29 is 4.79 Å². The second kappa shape index (κ2) is 6.73. The van der Waals surface area contributed by atoms with Crippen LogP contribution in [0.25, 0.3) is 5.69 Å². The molecule has 0 aliphatic rings. The third-order valence-corrected chi connectivity index (χ3v) is 3.96. The Labute approximate surface area is 145 Å². The van der Waals surface area contributed by atoms with Gasteiger partial charge in [0, 0.05) is 17.4 Å². The summed E-state index contributed by atoms with van der Waals surface area (Å²) in [6.07, 6.45) is 0. The summed E-state index contributed by atoms with van der Waals surface area (Å²) in [7, 11) is 0. The summed E-state index contributed by atoms with van der Waals surface area (Å²) < 4.78 is 1.60. The van der Waals surface area contributed by atoms with Crippen LogP contribution in [0.1, 0.15) is 27.3 Å². The molecule has 0 spiro atoms. The van der Waals surface area contributed by atoms with Crippen LogP contribution in [0.4, 0.5) is 5.69 Å². The minimum absolute atomic E-state index is 0.129. The number of hydrogen-bond acceptors (Lipinski definition) is 3. The molecule has 0 atom stereocenters. The first-order chi connectivity index (χ1) is 12.0. The van der Waals surface area contributed by atoms with Crippen LogP contribution in [0.2, 0.25) is 0 Å². The Kier molecular flexibility index (Phi) is 4.48. The van der Waals surface area contributed by atoms with Crippen molar-refractivity contribution in [2.45, 2.75) is 20.8 Å². The highest BCUT2D eigenvalue weighted by molar-refractivity contribution is 6.03. The van der Waals surface area contributed by atoms with E-state index < -0.39 is 11.3 Å². The average molecular weight is 333 g/mol. The maximum Gasteiger partial charge on any atom is 0.280 e. The summed E-state index contributed by atoms with van der Waals surface area (Å²) in [6.45, 7) is 5.63. The number of anilines is 1. The Balaban J connectivity index is 2.01. The normalized spacial score (nSPS) is 10.5. The zero-order valence-corrected chi connectivity index (χ0v) is 14.4. The monoisotopic (exact) mass is 333 g/mol. The highest BCUT2D eigenvalue weighted by Gasteiger charge is 2.16. The highest BCUT2D eigenvalue weighted by Crippen LogP contribution is 2.17. The van der Waals surface area contributed by atoms with E-state index in [9.17, 15) is 9.59 Å². The predicted octanol–water partition coefficient (Wildman–Crippen LogP) is 3.41. The molecule has 5 nitrogen and oxygen atoms in total. The molecule has 1 amide bonds. The lowest BCUT2D eigenvalue weighted by atomic mass is 10.1. The van der Waals surface area contributed by atoms with Gasteiger partial charge in [0.15, 0.2) is 5.69 Å². The lowest BCUT2D eigenvalue weighted by Crippen LogP contribution is -2.27. The summed E-state index contributed by atoms with van der Waals surface area (Å²) in [6, 6.07) is 16.6. The Morgan fingerprint density at radius 1 is 1.00 bits per heavy atom. The van der Waals surface area contributed by atoms with Gasteiger partial charge < -0.3 is 5.32 Å². The van der Waals surface area contributed by atoms with Gasteiger partial charge in [0.25, 0.3) is 5.91 Å². The molecule has 0 saturated heterocycles. The number of carbonyl (C=O) groups is 1. The van der Waals surface area contributed by atoms with Gasteiger partial charge in [-0.2, -0.15) is 5.10 Å². The number of nitrogens with zero attached hydrogens (tertiary/aromatic N) is 2. The SMILES string of the molecule is Cc1ccc(C)c(NC(=O)c2nn(-c3ccccc3)c(C)cc2=O)c1. The van der Waals surface area contributed by atoms with Crippen molar-refractivity contribution in [3.63, 3.8) is 0 Å². The summed E-state index contributed by atoms with van der Waals surface area (Å²) in [5.74, 6) is -0.511. The van der Waals surface area contributed by atoms with E-state index in [4.69, 9.17) is 0 Å². The molecule has 0 unspecified atom stereocenters. The highest BCUT2D eigenvalue weighted by atomic mass is 16.2. The molecule has 0 fully saturated rings. The summed E-state index contributed by atoms with van der Waals surface area (Å²) in [5, 5.41) is 7.07. The number of amides is 1. The van der Waals surface area contributed by atoms with Gasteiger partial charge in [-0.15, -0.1) is 0 Å². The molecule has 0 bridgehead atoms. The molecule has 1 N–H and O–H groups in total. The Morgan fingerprint density at radius 3 is 2.44 bits per heavy atom. The van der Waals surface area contributed by atoms with Crippen LogP contribution in [0.3, 0.4) is 0 Å². The molecule has 5 heteroatoms. The molecule has 0 saturated carbocycles. The Hall–Kier alpha value is -3.21.